The minimum absolute atomic E-state index is 0.614. The summed E-state index contributed by atoms with van der Waals surface area (Å²) < 4.78 is 11.4. The van der Waals surface area contributed by atoms with Crippen molar-refractivity contribution in [2.75, 3.05) is 24.7 Å². The largest absolute Gasteiger partial charge is 0.290 e. The van der Waals surface area contributed by atoms with Crippen LogP contribution in [0.25, 0.3) is 0 Å². The molecule has 0 bridgehead atoms. The Bertz CT molecular complexity index is 99.2. The highest BCUT2D eigenvalue weighted by molar-refractivity contribution is 7.99. The summed E-state index contributed by atoms with van der Waals surface area (Å²) in [4.78, 5) is 2.21. The molecule has 0 N–H and O–H groups in total. The van der Waals surface area contributed by atoms with Crippen LogP contribution >= 0.6 is 11.8 Å². The quantitative estimate of drug-likeness (QED) is 0.582. The van der Waals surface area contributed by atoms with Gasteiger partial charge in [-0.25, -0.2) is 4.39 Å². The Hall–Kier alpha value is -0.0200. The third-order valence-electron chi connectivity index (χ3n) is 1.28. The first kappa shape index (κ1) is 7.09. The van der Waals surface area contributed by atoms with Gasteiger partial charge in [0.15, 0.2) is 0 Å². The molecule has 1 heterocycles. The van der Waals surface area contributed by atoms with E-state index in [2.05, 4.69) is 4.90 Å². The zero-order chi connectivity index (χ0) is 6.53. The van der Waals surface area contributed by atoms with Crippen LogP contribution in [-0.4, -0.2) is 29.6 Å². The lowest BCUT2D eigenvalue weighted by molar-refractivity contribution is 0.394. The van der Waals surface area contributed by atoms with Gasteiger partial charge in [-0.3, -0.25) is 4.90 Å². The summed E-state index contributed by atoms with van der Waals surface area (Å²) in [6.45, 7) is 1.87. The molecule has 1 fully saturated rings. The smallest absolute Gasteiger partial charge is 0.0839 e. The first-order chi connectivity index (χ1) is 4.43. The highest BCUT2D eigenvalue weighted by Gasteiger charge is 2.08. The minimum atomic E-state index is 0.614. The number of rotatable bonds is 2. The van der Waals surface area contributed by atoms with Gasteiger partial charge in [-0.2, -0.15) is 0 Å². The van der Waals surface area contributed by atoms with Crippen LogP contribution in [0.1, 0.15) is 0 Å². The van der Waals surface area contributed by atoms with Gasteiger partial charge in [0.1, 0.15) is 0 Å². The molecule has 3 heteroatoms. The first-order valence-corrected chi connectivity index (χ1v) is 4.14. The molecule has 0 aromatic rings. The Morgan fingerprint density at radius 2 is 2.56 bits per heavy atom. The summed E-state index contributed by atoms with van der Waals surface area (Å²) in [5.74, 6) is 2.25. The van der Waals surface area contributed by atoms with Crippen LogP contribution in [0.4, 0.5) is 4.39 Å². The number of hydrogen-bond donors (Lipinski definition) is 0. The molecule has 0 saturated carbocycles. The van der Waals surface area contributed by atoms with Crippen LogP contribution in [0, 0.1) is 0 Å². The summed E-state index contributed by atoms with van der Waals surface area (Å²) in [6.07, 6.45) is 2.16. The van der Waals surface area contributed by atoms with Crippen LogP contribution in [0.3, 0.4) is 0 Å². The maximum Gasteiger partial charge on any atom is 0.0839 e. The molecule has 0 atom stereocenters. The van der Waals surface area contributed by atoms with Crippen molar-refractivity contribution in [2.24, 2.45) is 0 Å². The van der Waals surface area contributed by atoms with E-state index < -0.39 is 0 Å². The summed E-state index contributed by atoms with van der Waals surface area (Å²) in [6, 6.07) is 0. The second-order valence-electron chi connectivity index (χ2n) is 1.98. The molecule has 0 aromatic heterocycles. The Morgan fingerprint density at radius 3 is 3.11 bits per heavy atom. The lowest BCUT2D eigenvalue weighted by Gasteiger charge is -2.08. The van der Waals surface area contributed by atoms with E-state index in [1.54, 1.807) is 6.08 Å². The van der Waals surface area contributed by atoms with E-state index in [1.807, 2.05) is 11.8 Å². The average Bonchev–Trinajstić information content (AvgIpc) is 2.34. The van der Waals surface area contributed by atoms with E-state index in [0.717, 1.165) is 19.0 Å². The maximum absolute atomic E-state index is 11.4. The average molecular weight is 147 g/mol. The summed E-state index contributed by atoms with van der Waals surface area (Å²) in [5.41, 5.74) is 0. The Balaban J connectivity index is 2.11. The number of halogens is 1. The summed E-state index contributed by atoms with van der Waals surface area (Å²) >= 11 is 1.90. The SMILES string of the molecule is F/C=C/CN1CCSC1. The molecule has 9 heavy (non-hydrogen) atoms. The van der Waals surface area contributed by atoms with E-state index in [-0.39, 0.29) is 0 Å². The lowest BCUT2D eigenvalue weighted by Crippen LogP contribution is -2.18. The molecular formula is C6H10FNS. The molecule has 1 nitrogen and oxygen atoms in total. The molecule has 0 aliphatic carbocycles. The fraction of sp³-hybridized carbons (Fsp3) is 0.667. The Kier molecular flexibility index (Phi) is 3.08. The van der Waals surface area contributed by atoms with Crippen LogP contribution in [0.2, 0.25) is 0 Å². The van der Waals surface area contributed by atoms with Gasteiger partial charge in [-0.15, -0.1) is 11.8 Å². The number of nitrogens with zero attached hydrogens (tertiary/aromatic N) is 1. The summed E-state index contributed by atoms with van der Waals surface area (Å²) in [5, 5.41) is 0. The zero-order valence-electron chi connectivity index (χ0n) is 5.22. The van der Waals surface area contributed by atoms with Gasteiger partial charge in [-0.05, 0) is 6.08 Å². The second kappa shape index (κ2) is 3.90. The molecule has 0 unspecified atom stereocenters. The Morgan fingerprint density at radius 1 is 1.67 bits per heavy atom. The van der Waals surface area contributed by atoms with Crippen LogP contribution in [-0.2, 0) is 0 Å². The van der Waals surface area contributed by atoms with Crippen molar-refractivity contribution in [3.05, 3.63) is 12.4 Å². The van der Waals surface area contributed by atoms with Gasteiger partial charge in [0.05, 0.1) is 6.33 Å². The molecular weight excluding hydrogens is 137 g/mol. The van der Waals surface area contributed by atoms with Crippen LogP contribution in [0.5, 0.6) is 0 Å². The van der Waals surface area contributed by atoms with Crippen molar-refractivity contribution in [1.82, 2.24) is 4.90 Å². The van der Waals surface area contributed by atoms with Crippen molar-refractivity contribution in [3.8, 4) is 0 Å². The molecule has 0 radical (unpaired) electrons. The van der Waals surface area contributed by atoms with Crippen molar-refractivity contribution in [2.45, 2.75) is 0 Å². The highest BCUT2D eigenvalue weighted by atomic mass is 32.2. The first-order valence-electron chi connectivity index (χ1n) is 2.99. The standard InChI is InChI=1S/C6H10FNS/c7-2-1-3-8-4-5-9-6-8/h1-2H,3-6H2/b2-1+. The van der Waals surface area contributed by atoms with E-state index in [4.69, 9.17) is 0 Å². The third-order valence-corrected chi connectivity index (χ3v) is 2.30. The molecule has 1 rings (SSSR count). The lowest BCUT2D eigenvalue weighted by atomic mass is 10.5. The molecule has 0 spiro atoms. The number of thioether (sulfide) groups is 1. The summed E-state index contributed by atoms with van der Waals surface area (Å²) in [7, 11) is 0. The highest BCUT2D eigenvalue weighted by Crippen LogP contribution is 2.12. The van der Waals surface area contributed by atoms with Gasteiger partial charge < -0.3 is 0 Å². The maximum atomic E-state index is 11.4. The van der Waals surface area contributed by atoms with Gasteiger partial charge in [0.2, 0.25) is 0 Å². The monoisotopic (exact) mass is 147 g/mol. The zero-order valence-corrected chi connectivity index (χ0v) is 6.03. The molecule has 1 saturated heterocycles. The van der Waals surface area contributed by atoms with E-state index in [9.17, 15) is 4.39 Å². The van der Waals surface area contributed by atoms with Crippen molar-refractivity contribution in [3.63, 3.8) is 0 Å². The van der Waals surface area contributed by atoms with Crippen LogP contribution < -0.4 is 0 Å². The van der Waals surface area contributed by atoms with Gasteiger partial charge in [0, 0.05) is 24.7 Å². The van der Waals surface area contributed by atoms with Crippen molar-refractivity contribution >= 4 is 11.8 Å². The fourth-order valence-corrected chi connectivity index (χ4v) is 1.79. The predicted octanol–water partition coefficient (Wildman–Crippen LogP) is 1.48. The van der Waals surface area contributed by atoms with E-state index in [0.29, 0.717) is 6.33 Å². The van der Waals surface area contributed by atoms with Crippen molar-refractivity contribution < 1.29 is 4.39 Å². The second-order valence-corrected chi connectivity index (χ2v) is 3.05. The van der Waals surface area contributed by atoms with Crippen molar-refractivity contribution in [1.29, 1.82) is 0 Å². The van der Waals surface area contributed by atoms with E-state index >= 15 is 0 Å². The van der Waals surface area contributed by atoms with Gasteiger partial charge >= 0.3 is 0 Å². The Labute approximate surface area is 58.9 Å². The molecule has 52 valence electrons. The normalized spacial score (nSPS) is 21.9. The minimum Gasteiger partial charge on any atom is -0.290 e. The van der Waals surface area contributed by atoms with Crippen LogP contribution in [0.15, 0.2) is 12.4 Å². The van der Waals surface area contributed by atoms with E-state index in [1.165, 1.54) is 5.75 Å². The fourth-order valence-electron chi connectivity index (χ4n) is 0.785. The third kappa shape index (κ3) is 2.37. The van der Waals surface area contributed by atoms with Gasteiger partial charge in [-0.1, -0.05) is 0 Å². The molecule has 0 amide bonds. The van der Waals surface area contributed by atoms with Gasteiger partial charge in [0.25, 0.3) is 0 Å². The predicted molar refractivity (Wildman–Crippen MR) is 39.1 cm³/mol. The number of hydrogen-bond acceptors (Lipinski definition) is 2. The molecule has 0 aromatic carbocycles. The molecule has 1 aliphatic rings. The molecule has 1 aliphatic heterocycles. The topological polar surface area (TPSA) is 3.24 Å².